The van der Waals surface area contributed by atoms with Gasteiger partial charge in [-0.3, -0.25) is 4.21 Å². The molecular formula is C12H14N2OS2. The number of rotatable bonds is 2. The second-order valence-electron chi connectivity index (χ2n) is 4.21. The molecule has 1 aliphatic heterocycles. The normalized spacial score (nSPS) is 22.7. The molecule has 90 valence electrons. The molecule has 1 aromatic carbocycles. The Kier molecular flexibility index (Phi) is 3.22. The van der Waals surface area contributed by atoms with Crippen LogP contribution in [0.25, 0.3) is 10.2 Å². The van der Waals surface area contributed by atoms with E-state index in [1.54, 1.807) is 11.3 Å². The highest BCUT2D eigenvalue weighted by Crippen LogP contribution is 2.26. The van der Waals surface area contributed by atoms with E-state index in [4.69, 9.17) is 0 Å². The predicted octanol–water partition coefficient (Wildman–Crippen LogP) is 2.16. The van der Waals surface area contributed by atoms with E-state index in [1.165, 1.54) is 0 Å². The van der Waals surface area contributed by atoms with Gasteiger partial charge in [-0.05, 0) is 31.5 Å². The zero-order valence-electron chi connectivity index (χ0n) is 9.39. The first-order valence-corrected chi connectivity index (χ1v) is 7.84. The predicted molar refractivity (Wildman–Crippen MR) is 71.9 cm³/mol. The highest BCUT2D eigenvalue weighted by atomic mass is 32.2. The van der Waals surface area contributed by atoms with Gasteiger partial charge in [0.1, 0.15) is 0 Å². The van der Waals surface area contributed by atoms with Crippen LogP contribution in [0.4, 0.5) is 0 Å². The maximum atomic E-state index is 12.4. The van der Waals surface area contributed by atoms with Crippen molar-refractivity contribution in [3.05, 3.63) is 24.3 Å². The first kappa shape index (κ1) is 11.3. The van der Waals surface area contributed by atoms with Crippen molar-refractivity contribution in [3.63, 3.8) is 0 Å². The van der Waals surface area contributed by atoms with Gasteiger partial charge >= 0.3 is 0 Å². The number of hydrogen-bond acceptors (Lipinski definition) is 4. The number of nitrogens with zero attached hydrogens (tertiary/aromatic N) is 1. The Labute approximate surface area is 107 Å². The molecule has 0 amide bonds. The molecule has 2 atom stereocenters. The Morgan fingerprint density at radius 2 is 2.29 bits per heavy atom. The minimum Gasteiger partial charge on any atom is -0.316 e. The topological polar surface area (TPSA) is 42.0 Å². The Morgan fingerprint density at radius 3 is 3.06 bits per heavy atom. The first-order valence-electron chi connectivity index (χ1n) is 5.81. The van der Waals surface area contributed by atoms with E-state index in [1.807, 2.05) is 24.3 Å². The van der Waals surface area contributed by atoms with Gasteiger partial charge in [0.15, 0.2) is 4.34 Å². The van der Waals surface area contributed by atoms with E-state index in [2.05, 4.69) is 10.3 Å². The molecule has 3 rings (SSSR count). The van der Waals surface area contributed by atoms with Crippen LogP contribution in [-0.2, 0) is 10.8 Å². The monoisotopic (exact) mass is 266 g/mol. The third kappa shape index (κ3) is 2.27. The molecule has 0 bridgehead atoms. The van der Waals surface area contributed by atoms with Crippen LogP contribution in [0.3, 0.4) is 0 Å². The van der Waals surface area contributed by atoms with Gasteiger partial charge in [-0.25, -0.2) is 4.98 Å². The van der Waals surface area contributed by atoms with E-state index in [-0.39, 0.29) is 5.25 Å². The number of hydrogen-bond donors (Lipinski definition) is 1. The summed E-state index contributed by atoms with van der Waals surface area (Å²) in [5.41, 5.74) is 0.963. The zero-order chi connectivity index (χ0) is 11.7. The van der Waals surface area contributed by atoms with E-state index in [9.17, 15) is 4.21 Å². The standard InChI is InChI=1S/C12H14N2OS2/c15-17(9-4-3-7-13-8-9)12-14-10-5-1-2-6-11(10)16-12/h1-2,5-6,9,13H,3-4,7-8H2/t9-,17+/m1/s1. The molecule has 17 heavy (non-hydrogen) atoms. The summed E-state index contributed by atoms with van der Waals surface area (Å²) in [4.78, 5) is 4.48. The fourth-order valence-electron chi connectivity index (χ4n) is 2.08. The molecule has 0 radical (unpaired) electrons. The lowest BCUT2D eigenvalue weighted by atomic mass is 10.2. The second-order valence-corrected chi connectivity index (χ2v) is 7.15. The number of piperidine rings is 1. The van der Waals surface area contributed by atoms with Crippen molar-refractivity contribution in [2.45, 2.75) is 22.4 Å². The Bertz CT molecular complexity index is 513. The van der Waals surface area contributed by atoms with Gasteiger partial charge in [-0.15, -0.1) is 11.3 Å². The Hall–Kier alpha value is -0.780. The van der Waals surface area contributed by atoms with Crippen LogP contribution in [0.2, 0.25) is 0 Å². The van der Waals surface area contributed by atoms with Gasteiger partial charge in [-0.2, -0.15) is 0 Å². The van der Waals surface area contributed by atoms with Crippen molar-refractivity contribution in [3.8, 4) is 0 Å². The lowest BCUT2D eigenvalue weighted by molar-refractivity contribution is 0.519. The summed E-state index contributed by atoms with van der Waals surface area (Å²) >= 11 is 1.56. The van der Waals surface area contributed by atoms with Crippen LogP contribution in [-0.4, -0.2) is 27.5 Å². The van der Waals surface area contributed by atoms with E-state index in [0.29, 0.717) is 0 Å². The summed E-state index contributed by atoms with van der Waals surface area (Å²) in [7, 11) is -0.958. The van der Waals surface area contributed by atoms with Crippen LogP contribution in [0.5, 0.6) is 0 Å². The molecule has 2 aromatic rings. The van der Waals surface area contributed by atoms with Gasteiger partial charge in [-0.1, -0.05) is 12.1 Å². The number of nitrogens with one attached hydrogen (secondary N) is 1. The van der Waals surface area contributed by atoms with Crippen molar-refractivity contribution < 1.29 is 4.21 Å². The van der Waals surface area contributed by atoms with Gasteiger partial charge < -0.3 is 5.32 Å². The summed E-state index contributed by atoms with van der Waals surface area (Å²) in [6.45, 7) is 1.90. The van der Waals surface area contributed by atoms with Crippen molar-refractivity contribution >= 4 is 32.4 Å². The first-order chi connectivity index (χ1) is 8.34. The van der Waals surface area contributed by atoms with Crippen molar-refractivity contribution in [1.82, 2.24) is 10.3 Å². The largest absolute Gasteiger partial charge is 0.316 e. The molecule has 1 saturated heterocycles. The molecule has 1 fully saturated rings. The number of fused-ring (bicyclic) bond motifs is 1. The second kappa shape index (κ2) is 4.84. The van der Waals surface area contributed by atoms with Crippen molar-refractivity contribution in [2.75, 3.05) is 13.1 Å². The molecule has 0 saturated carbocycles. The van der Waals surface area contributed by atoms with Crippen LogP contribution in [0, 0.1) is 0 Å². The fraction of sp³-hybridized carbons (Fsp3) is 0.417. The minimum absolute atomic E-state index is 0.226. The van der Waals surface area contributed by atoms with Crippen molar-refractivity contribution in [1.29, 1.82) is 0 Å². The molecule has 5 heteroatoms. The molecular weight excluding hydrogens is 252 g/mol. The molecule has 3 nitrogen and oxygen atoms in total. The molecule has 1 aromatic heterocycles. The lowest BCUT2D eigenvalue weighted by Gasteiger charge is -2.20. The van der Waals surface area contributed by atoms with Crippen LogP contribution < -0.4 is 5.32 Å². The van der Waals surface area contributed by atoms with Crippen LogP contribution in [0.1, 0.15) is 12.8 Å². The zero-order valence-corrected chi connectivity index (χ0v) is 11.0. The summed E-state index contributed by atoms with van der Waals surface area (Å²) < 4.78 is 14.3. The van der Waals surface area contributed by atoms with E-state index < -0.39 is 10.8 Å². The minimum atomic E-state index is -0.958. The van der Waals surface area contributed by atoms with E-state index in [0.717, 1.165) is 40.5 Å². The van der Waals surface area contributed by atoms with Gasteiger partial charge in [0, 0.05) is 6.54 Å². The number of para-hydroxylation sites is 1. The SMILES string of the molecule is O=[S@](c1nc2ccccc2s1)[C@@H]1CCCNC1. The van der Waals surface area contributed by atoms with E-state index >= 15 is 0 Å². The Balaban J connectivity index is 1.89. The van der Waals surface area contributed by atoms with Crippen LogP contribution in [0.15, 0.2) is 28.6 Å². The summed E-state index contributed by atoms with van der Waals surface area (Å²) in [6, 6.07) is 7.98. The summed E-state index contributed by atoms with van der Waals surface area (Å²) in [6.07, 6.45) is 2.15. The third-order valence-electron chi connectivity index (χ3n) is 3.00. The molecule has 0 unspecified atom stereocenters. The number of aromatic nitrogens is 1. The van der Waals surface area contributed by atoms with Crippen molar-refractivity contribution in [2.24, 2.45) is 0 Å². The van der Waals surface area contributed by atoms with Gasteiger partial charge in [0.2, 0.25) is 0 Å². The summed E-state index contributed by atoms with van der Waals surface area (Å²) in [5, 5.41) is 3.53. The molecule has 1 aliphatic rings. The smallest absolute Gasteiger partial charge is 0.182 e. The molecule has 2 heterocycles. The fourth-order valence-corrected chi connectivity index (χ4v) is 4.91. The number of thiazole rings is 1. The quantitative estimate of drug-likeness (QED) is 0.905. The average Bonchev–Trinajstić information content (AvgIpc) is 2.82. The summed E-state index contributed by atoms with van der Waals surface area (Å²) in [5.74, 6) is 0. The molecule has 1 N–H and O–H groups in total. The third-order valence-corrected chi connectivity index (χ3v) is 6.02. The van der Waals surface area contributed by atoms with Gasteiger partial charge in [0.05, 0.1) is 26.3 Å². The highest BCUT2D eigenvalue weighted by molar-refractivity contribution is 7.88. The Morgan fingerprint density at radius 1 is 1.41 bits per heavy atom. The van der Waals surface area contributed by atoms with Gasteiger partial charge in [0.25, 0.3) is 0 Å². The molecule has 0 spiro atoms. The maximum absolute atomic E-state index is 12.4. The molecule has 0 aliphatic carbocycles. The maximum Gasteiger partial charge on any atom is 0.182 e. The number of benzene rings is 1. The lowest BCUT2D eigenvalue weighted by Crippen LogP contribution is -2.36. The average molecular weight is 266 g/mol. The highest BCUT2D eigenvalue weighted by Gasteiger charge is 2.23. The van der Waals surface area contributed by atoms with Crippen LogP contribution >= 0.6 is 11.3 Å².